The molecule has 2 fully saturated rings. The Morgan fingerprint density at radius 3 is 3.00 bits per heavy atom. The van der Waals surface area contributed by atoms with Gasteiger partial charge in [-0.2, -0.15) is 11.3 Å². The lowest BCUT2D eigenvalue weighted by atomic mass is 9.78. The summed E-state index contributed by atoms with van der Waals surface area (Å²) in [5.74, 6) is 0.385. The molecule has 0 N–H and O–H groups in total. The Balaban J connectivity index is 1.67. The second-order valence-corrected chi connectivity index (χ2v) is 6.76. The van der Waals surface area contributed by atoms with Crippen LogP contribution in [0.3, 0.4) is 0 Å². The van der Waals surface area contributed by atoms with Crippen molar-refractivity contribution in [3.8, 4) is 0 Å². The van der Waals surface area contributed by atoms with Gasteiger partial charge in [0.05, 0.1) is 11.8 Å². The number of hydrogen-bond donors (Lipinski definition) is 0. The van der Waals surface area contributed by atoms with Crippen molar-refractivity contribution >= 4 is 23.2 Å². The van der Waals surface area contributed by atoms with Crippen LogP contribution in [0.2, 0.25) is 0 Å². The van der Waals surface area contributed by atoms with Crippen LogP contribution in [-0.2, 0) is 16.0 Å². The first-order valence-corrected chi connectivity index (χ1v) is 8.09. The van der Waals surface area contributed by atoms with Crippen molar-refractivity contribution in [3.05, 3.63) is 22.4 Å². The minimum Gasteiger partial charge on any atom is -0.345 e. The standard InChI is InChI=1S/C15H20N2O2S/c1-16-6-2-4-15(14(16)19)5-7-17(11-15)13(18)9-12-3-8-20-10-12/h3,8,10H,2,4-7,9,11H2,1H3/t15-/m0/s1. The Kier molecular flexibility index (Phi) is 3.54. The number of carbonyl (C=O) groups is 2. The summed E-state index contributed by atoms with van der Waals surface area (Å²) in [6.07, 6.45) is 3.27. The molecular weight excluding hydrogens is 272 g/mol. The number of thiophene rings is 1. The number of likely N-dealkylation sites (tertiary alicyclic amines) is 2. The third-order valence-electron chi connectivity index (χ3n) is 4.59. The molecule has 0 aliphatic carbocycles. The lowest BCUT2D eigenvalue weighted by Gasteiger charge is -2.37. The van der Waals surface area contributed by atoms with Crippen LogP contribution in [0.25, 0.3) is 0 Å². The molecule has 0 aromatic carbocycles. The fourth-order valence-electron chi connectivity index (χ4n) is 3.41. The molecule has 2 aliphatic heterocycles. The zero-order chi connectivity index (χ0) is 14.2. The maximum atomic E-state index is 12.4. The Hall–Kier alpha value is -1.36. The first-order valence-electron chi connectivity index (χ1n) is 7.15. The van der Waals surface area contributed by atoms with Gasteiger partial charge in [-0.15, -0.1) is 0 Å². The highest BCUT2D eigenvalue weighted by Gasteiger charge is 2.48. The summed E-state index contributed by atoms with van der Waals surface area (Å²) in [5.41, 5.74) is 0.783. The number of amides is 2. The van der Waals surface area contributed by atoms with Gasteiger partial charge in [-0.25, -0.2) is 0 Å². The van der Waals surface area contributed by atoms with Crippen molar-refractivity contribution in [1.82, 2.24) is 9.80 Å². The summed E-state index contributed by atoms with van der Waals surface area (Å²) in [5, 5.41) is 4.01. The highest BCUT2D eigenvalue weighted by atomic mass is 32.1. The Labute approximate surface area is 123 Å². The predicted molar refractivity (Wildman–Crippen MR) is 78.5 cm³/mol. The van der Waals surface area contributed by atoms with E-state index in [1.807, 2.05) is 33.7 Å². The number of hydrogen-bond acceptors (Lipinski definition) is 3. The Morgan fingerprint density at radius 1 is 1.40 bits per heavy atom. The van der Waals surface area contributed by atoms with Crippen LogP contribution in [0.15, 0.2) is 16.8 Å². The van der Waals surface area contributed by atoms with E-state index in [4.69, 9.17) is 0 Å². The van der Waals surface area contributed by atoms with E-state index in [0.29, 0.717) is 13.0 Å². The van der Waals surface area contributed by atoms with Gasteiger partial charge in [-0.05, 0) is 41.7 Å². The highest BCUT2D eigenvalue weighted by molar-refractivity contribution is 7.07. The van der Waals surface area contributed by atoms with E-state index in [-0.39, 0.29) is 17.2 Å². The van der Waals surface area contributed by atoms with Gasteiger partial charge in [-0.3, -0.25) is 9.59 Å². The third kappa shape index (κ3) is 2.35. The summed E-state index contributed by atoms with van der Waals surface area (Å²) in [6.45, 7) is 2.19. The summed E-state index contributed by atoms with van der Waals surface area (Å²) in [6, 6.07) is 1.99. The molecule has 5 heteroatoms. The maximum Gasteiger partial charge on any atom is 0.230 e. The van der Waals surface area contributed by atoms with Crippen molar-refractivity contribution in [3.63, 3.8) is 0 Å². The van der Waals surface area contributed by atoms with Gasteiger partial charge < -0.3 is 9.80 Å². The normalized spacial score (nSPS) is 26.6. The number of rotatable bonds is 2. The second kappa shape index (κ2) is 5.20. The molecule has 3 rings (SSSR count). The van der Waals surface area contributed by atoms with Crippen LogP contribution in [0.4, 0.5) is 0 Å². The van der Waals surface area contributed by atoms with Crippen molar-refractivity contribution in [1.29, 1.82) is 0 Å². The van der Waals surface area contributed by atoms with E-state index in [0.717, 1.165) is 37.9 Å². The number of nitrogens with zero attached hydrogens (tertiary/aromatic N) is 2. The first kappa shape index (κ1) is 13.6. The Morgan fingerprint density at radius 2 is 2.25 bits per heavy atom. The van der Waals surface area contributed by atoms with Crippen molar-refractivity contribution in [2.75, 3.05) is 26.7 Å². The summed E-state index contributed by atoms with van der Waals surface area (Å²) in [7, 11) is 1.87. The average Bonchev–Trinajstić information content (AvgIpc) is 3.06. The van der Waals surface area contributed by atoms with Gasteiger partial charge in [0, 0.05) is 26.7 Å². The molecule has 1 atom stereocenters. The van der Waals surface area contributed by atoms with Crippen molar-refractivity contribution < 1.29 is 9.59 Å². The third-order valence-corrected chi connectivity index (χ3v) is 5.32. The van der Waals surface area contributed by atoms with E-state index < -0.39 is 0 Å². The molecule has 0 saturated carbocycles. The van der Waals surface area contributed by atoms with Crippen LogP contribution >= 0.6 is 11.3 Å². The van der Waals surface area contributed by atoms with E-state index in [9.17, 15) is 9.59 Å². The molecule has 4 nitrogen and oxygen atoms in total. The minimum absolute atomic E-state index is 0.154. The first-order chi connectivity index (χ1) is 9.61. The lowest BCUT2D eigenvalue weighted by Crippen LogP contribution is -2.48. The summed E-state index contributed by atoms with van der Waals surface area (Å²) >= 11 is 1.61. The quantitative estimate of drug-likeness (QED) is 0.833. The SMILES string of the molecule is CN1CCC[C@@]2(CCN(C(=O)Cc3ccsc3)C2)C1=O. The van der Waals surface area contributed by atoms with Gasteiger partial charge >= 0.3 is 0 Å². The topological polar surface area (TPSA) is 40.6 Å². The van der Waals surface area contributed by atoms with E-state index in [1.54, 1.807) is 11.3 Å². The highest BCUT2D eigenvalue weighted by Crippen LogP contribution is 2.39. The molecule has 0 unspecified atom stereocenters. The molecule has 108 valence electrons. The van der Waals surface area contributed by atoms with Gasteiger partial charge in [-0.1, -0.05) is 0 Å². The predicted octanol–water partition coefficient (Wildman–Crippen LogP) is 1.76. The molecule has 3 heterocycles. The van der Waals surface area contributed by atoms with E-state index >= 15 is 0 Å². The molecule has 2 saturated heterocycles. The maximum absolute atomic E-state index is 12.4. The molecule has 1 spiro atoms. The van der Waals surface area contributed by atoms with Crippen LogP contribution in [0.1, 0.15) is 24.8 Å². The molecule has 1 aromatic rings. The minimum atomic E-state index is -0.294. The van der Waals surface area contributed by atoms with E-state index in [1.165, 1.54) is 0 Å². The van der Waals surface area contributed by atoms with Crippen LogP contribution < -0.4 is 0 Å². The molecule has 2 amide bonds. The Bertz CT molecular complexity index is 514. The number of piperidine rings is 1. The average molecular weight is 292 g/mol. The van der Waals surface area contributed by atoms with Crippen LogP contribution in [0.5, 0.6) is 0 Å². The largest absolute Gasteiger partial charge is 0.345 e. The van der Waals surface area contributed by atoms with Crippen molar-refractivity contribution in [2.45, 2.75) is 25.7 Å². The van der Waals surface area contributed by atoms with Crippen LogP contribution in [0, 0.1) is 5.41 Å². The molecular formula is C15H20N2O2S. The molecule has 0 radical (unpaired) electrons. The molecule has 1 aromatic heterocycles. The zero-order valence-corrected chi connectivity index (χ0v) is 12.6. The second-order valence-electron chi connectivity index (χ2n) is 5.98. The van der Waals surface area contributed by atoms with Crippen molar-refractivity contribution in [2.24, 2.45) is 5.41 Å². The monoisotopic (exact) mass is 292 g/mol. The van der Waals surface area contributed by atoms with Gasteiger partial charge in [0.15, 0.2) is 0 Å². The van der Waals surface area contributed by atoms with Gasteiger partial charge in [0.25, 0.3) is 0 Å². The molecule has 2 aliphatic rings. The van der Waals surface area contributed by atoms with E-state index in [2.05, 4.69) is 0 Å². The fraction of sp³-hybridized carbons (Fsp3) is 0.600. The number of carbonyl (C=O) groups excluding carboxylic acids is 2. The zero-order valence-electron chi connectivity index (χ0n) is 11.8. The summed E-state index contributed by atoms with van der Waals surface area (Å²) in [4.78, 5) is 28.5. The smallest absolute Gasteiger partial charge is 0.230 e. The molecule has 20 heavy (non-hydrogen) atoms. The van der Waals surface area contributed by atoms with Gasteiger partial charge in [0.1, 0.15) is 0 Å². The lowest BCUT2D eigenvalue weighted by molar-refractivity contribution is -0.144. The van der Waals surface area contributed by atoms with Gasteiger partial charge in [0.2, 0.25) is 11.8 Å². The fourth-order valence-corrected chi connectivity index (χ4v) is 4.08. The summed E-state index contributed by atoms with van der Waals surface area (Å²) < 4.78 is 0. The van der Waals surface area contributed by atoms with Crippen LogP contribution in [-0.4, -0.2) is 48.3 Å². The molecule has 0 bridgehead atoms.